The van der Waals surface area contributed by atoms with Crippen molar-refractivity contribution in [1.29, 1.82) is 0 Å². The second kappa shape index (κ2) is 6.57. The molecule has 2 amide bonds. The number of carbonyl (C=O) groups is 1. The van der Waals surface area contributed by atoms with Crippen LogP contribution >= 0.6 is 0 Å². The van der Waals surface area contributed by atoms with E-state index in [2.05, 4.69) is 15.5 Å². The summed E-state index contributed by atoms with van der Waals surface area (Å²) in [6.45, 7) is 4.59. The average molecular weight is 302 g/mol. The van der Waals surface area contributed by atoms with Crippen molar-refractivity contribution in [3.8, 4) is 11.4 Å². The molecule has 1 fully saturated rings. The Labute approximate surface area is 128 Å². The zero-order valence-electron chi connectivity index (χ0n) is 12.4. The maximum atomic E-state index is 12.0. The van der Waals surface area contributed by atoms with E-state index >= 15 is 0 Å². The fourth-order valence-corrected chi connectivity index (χ4v) is 2.18. The zero-order chi connectivity index (χ0) is 15.4. The van der Waals surface area contributed by atoms with Gasteiger partial charge in [0.05, 0.1) is 19.8 Å². The Balaban J connectivity index is 1.57. The first-order valence-electron chi connectivity index (χ1n) is 7.22. The Morgan fingerprint density at radius 3 is 2.73 bits per heavy atom. The number of morpholine rings is 1. The van der Waals surface area contributed by atoms with Crippen molar-refractivity contribution in [2.75, 3.05) is 26.3 Å². The molecule has 1 aromatic heterocycles. The maximum Gasteiger partial charge on any atom is 0.317 e. The molecule has 0 atom stereocenters. The molecule has 1 N–H and O–H groups in total. The summed E-state index contributed by atoms with van der Waals surface area (Å²) in [7, 11) is 0. The summed E-state index contributed by atoms with van der Waals surface area (Å²) in [6, 6.07) is 7.72. The van der Waals surface area contributed by atoms with Gasteiger partial charge in [0.25, 0.3) is 0 Å². The lowest BCUT2D eigenvalue weighted by Crippen LogP contribution is -2.45. The summed E-state index contributed by atoms with van der Waals surface area (Å²) in [5.41, 5.74) is 2.06. The van der Waals surface area contributed by atoms with Crippen molar-refractivity contribution in [2.45, 2.75) is 13.5 Å². The van der Waals surface area contributed by atoms with E-state index in [4.69, 9.17) is 9.26 Å². The van der Waals surface area contributed by atoms with Gasteiger partial charge in [-0.25, -0.2) is 4.79 Å². The second-order valence-corrected chi connectivity index (χ2v) is 5.14. The van der Waals surface area contributed by atoms with Crippen LogP contribution in [0.25, 0.3) is 11.4 Å². The van der Waals surface area contributed by atoms with Gasteiger partial charge in [-0.3, -0.25) is 0 Å². The zero-order valence-corrected chi connectivity index (χ0v) is 12.4. The van der Waals surface area contributed by atoms with Crippen LogP contribution in [0.3, 0.4) is 0 Å². The summed E-state index contributed by atoms with van der Waals surface area (Å²) >= 11 is 0. The number of nitrogens with one attached hydrogen (secondary N) is 1. The number of benzene rings is 1. The standard InChI is InChI=1S/C15H18N4O3/c1-11-2-4-12(5-3-11)14-17-13(22-18-14)10-16-15(20)19-6-8-21-9-7-19/h2-5H,6-10H2,1H3,(H,16,20). The van der Waals surface area contributed by atoms with Crippen LogP contribution in [0, 0.1) is 6.92 Å². The van der Waals surface area contributed by atoms with Crippen LogP contribution in [0.5, 0.6) is 0 Å². The van der Waals surface area contributed by atoms with E-state index in [0.717, 1.165) is 5.56 Å². The van der Waals surface area contributed by atoms with Crippen LogP contribution in [0.4, 0.5) is 4.79 Å². The molecule has 3 rings (SSSR count). The molecule has 22 heavy (non-hydrogen) atoms. The number of hydrogen-bond donors (Lipinski definition) is 1. The van der Waals surface area contributed by atoms with Crippen LogP contribution < -0.4 is 5.32 Å². The molecular weight excluding hydrogens is 284 g/mol. The van der Waals surface area contributed by atoms with Crippen molar-refractivity contribution in [3.63, 3.8) is 0 Å². The minimum absolute atomic E-state index is 0.140. The highest BCUT2D eigenvalue weighted by molar-refractivity contribution is 5.74. The summed E-state index contributed by atoms with van der Waals surface area (Å²) in [6.07, 6.45) is 0. The highest BCUT2D eigenvalue weighted by atomic mass is 16.5. The van der Waals surface area contributed by atoms with E-state index in [0.29, 0.717) is 38.0 Å². The normalized spacial score (nSPS) is 14.9. The minimum Gasteiger partial charge on any atom is -0.378 e. The Kier molecular flexibility index (Phi) is 4.34. The second-order valence-electron chi connectivity index (χ2n) is 5.14. The molecule has 0 saturated carbocycles. The van der Waals surface area contributed by atoms with Gasteiger partial charge in [0.1, 0.15) is 0 Å². The highest BCUT2D eigenvalue weighted by Gasteiger charge is 2.17. The number of aryl methyl sites for hydroxylation is 1. The molecular formula is C15H18N4O3. The van der Waals surface area contributed by atoms with E-state index in [1.54, 1.807) is 4.90 Å². The van der Waals surface area contributed by atoms with Gasteiger partial charge < -0.3 is 19.5 Å². The Bertz CT molecular complexity index is 632. The summed E-state index contributed by atoms with van der Waals surface area (Å²) in [5.74, 6) is 0.910. The quantitative estimate of drug-likeness (QED) is 0.931. The Morgan fingerprint density at radius 1 is 1.27 bits per heavy atom. The monoisotopic (exact) mass is 302 g/mol. The third-order valence-electron chi connectivity index (χ3n) is 3.47. The topological polar surface area (TPSA) is 80.5 Å². The van der Waals surface area contributed by atoms with Crippen molar-refractivity contribution < 1.29 is 14.1 Å². The molecule has 0 spiro atoms. The number of hydrogen-bond acceptors (Lipinski definition) is 5. The van der Waals surface area contributed by atoms with E-state index in [1.807, 2.05) is 31.2 Å². The predicted octanol–water partition coefficient (Wildman–Crippen LogP) is 1.59. The minimum atomic E-state index is -0.140. The summed E-state index contributed by atoms with van der Waals surface area (Å²) in [4.78, 5) is 18.0. The van der Waals surface area contributed by atoms with E-state index in [9.17, 15) is 4.79 Å². The molecule has 0 aliphatic carbocycles. The van der Waals surface area contributed by atoms with E-state index in [1.165, 1.54) is 5.56 Å². The van der Waals surface area contributed by atoms with Crippen molar-refractivity contribution in [3.05, 3.63) is 35.7 Å². The molecule has 1 aliphatic heterocycles. The maximum absolute atomic E-state index is 12.0. The van der Waals surface area contributed by atoms with Crippen LogP contribution in [-0.2, 0) is 11.3 Å². The number of nitrogens with zero attached hydrogens (tertiary/aromatic N) is 3. The molecule has 1 aliphatic rings. The molecule has 7 heteroatoms. The van der Waals surface area contributed by atoms with E-state index < -0.39 is 0 Å². The lowest BCUT2D eigenvalue weighted by molar-refractivity contribution is 0.0529. The van der Waals surface area contributed by atoms with Gasteiger partial charge in [-0.2, -0.15) is 4.98 Å². The molecule has 2 aromatic rings. The molecule has 1 saturated heterocycles. The fraction of sp³-hybridized carbons (Fsp3) is 0.400. The average Bonchev–Trinajstić information content (AvgIpc) is 3.03. The first-order valence-corrected chi connectivity index (χ1v) is 7.22. The highest BCUT2D eigenvalue weighted by Crippen LogP contribution is 2.16. The predicted molar refractivity (Wildman–Crippen MR) is 79.1 cm³/mol. The van der Waals surface area contributed by atoms with Gasteiger partial charge in [-0.1, -0.05) is 35.0 Å². The van der Waals surface area contributed by atoms with Gasteiger partial charge in [0, 0.05) is 18.7 Å². The van der Waals surface area contributed by atoms with Crippen LogP contribution in [0.1, 0.15) is 11.5 Å². The van der Waals surface area contributed by atoms with Gasteiger partial charge in [0.15, 0.2) is 0 Å². The van der Waals surface area contributed by atoms with Crippen LogP contribution in [0.2, 0.25) is 0 Å². The van der Waals surface area contributed by atoms with E-state index in [-0.39, 0.29) is 12.6 Å². The first kappa shape index (κ1) is 14.5. The van der Waals surface area contributed by atoms with Crippen molar-refractivity contribution >= 4 is 6.03 Å². The summed E-state index contributed by atoms with van der Waals surface area (Å²) < 4.78 is 10.4. The van der Waals surface area contributed by atoms with Crippen LogP contribution in [-0.4, -0.2) is 47.4 Å². The van der Waals surface area contributed by atoms with Gasteiger partial charge in [-0.05, 0) is 6.92 Å². The number of aromatic nitrogens is 2. The lowest BCUT2D eigenvalue weighted by Gasteiger charge is -2.26. The number of rotatable bonds is 3. The van der Waals surface area contributed by atoms with Crippen LogP contribution in [0.15, 0.2) is 28.8 Å². The largest absolute Gasteiger partial charge is 0.378 e. The number of amides is 2. The summed E-state index contributed by atoms with van der Waals surface area (Å²) in [5, 5.41) is 6.71. The smallest absolute Gasteiger partial charge is 0.317 e. The Morgan fingerprint density at radius 2 is 2.00 bits per heavy atom. The van der Waals surface area contributed by atoms with Gasteiger partial charge >= 0.3 is 6.03 Å². The van der Waals surface area contributed by atoms with Gasteiger partial charge in [0.2, 0.25) is 11.7 Å². The number of carbonyl (C=O) groups excluding carboxylic acids is 1. The fourth-order valence-electron chi connectivity index (χ4n) is 2.18. The van der Waals surface area contributed by atoms with Gasteiger partial charge in [-0.15, -0.1) is 0 Å². The number of ether oxygens (including phenoxy) is 1. The SMILES string of the molecule is Cc1ccc(-c2noc(CNC(=O)N3CCOCC3)n2)cc1. The molecule has 1 aromatic carbocycles. The number of urea groups is 1. The molecule has 7 nitrogen and oxygen atoms in total. The third kappa shape index (κ3) is 3.43. The first-order chi connectivity index (χ1) is 10.7. The molecule has 0 bridgehead atoms. The Hall–Kier alpha value is -2.41. The molecule has 0 unspecified atom stereocenters. The third-order valence-corrected chi connectivity index (χ3v) is 3.47. The lowest BCUT2D eigenvalue weighted by atomic mass is 10.1. The van der Waals surface area contributed by atoms with Crippen molar-refractivity contribution in [2.24, 2.45) is 0 Å². The van der Waals surface area contributed by atoms with Crippen molar-refractivity contribution in [1.82, 2.24) is 20.4 Å². The molecule has 116 valence electrons. The molecule has 0 radical (unpaired) electrons. The molecule has 2 heterocycles.